The van der Waals surface area contributed by atoms with E-state index < -0.39 is 0 Å². The molecule has 1 aromatic rings. The number of hydrogen-bond acceptors (Lipinski definition) is 2. The lowest BCUT2D eigenvalue weighted by molar-refractivity contribution is 0.262. The van der Waals surface area contributed by atoms with Crippen molar-refractivity contribution >= 4 is 17.0 Å². The first-order valence-corrected chi connectivity index (χ1v) is 5.70. The Bertz CT molecular complexity index is 274. The molecule has 1 aromatic carbocycles. The van der Waals surface area contributed by atoms with Crippen LogP contribution in [0.3, 0.4) is 0 Å². The molecule has 1 amide bonds. The Morgan fingerprint density at radius 1 is 1.36 bits per heavy atom. The molecule has 0 saturated heterocycles. The standard InChI is InChI=1S/C11H15NOS/c1-12-11(13)14-9-5-8-10-6-3-2-4-7-10/h2-4,6-7H,5,8-9H2,1H3,(H,12,13). The van der Waals surface area contributed by atoms with Crippen molar-refractivity contribution in [2.24, 2.45) is 0 Å². The fourth-order valence-electron chi connectivity index (χ4n) is 1.16. The third kappa shape index (κ3) is 4.33. The molecule has 0 fully saturated rings. The molecule has 3 heteroatoms. The van der Waals surface area contributed by atoms with Gasteiger partial charge in [0.2, 0.25) is 0 Å². The van der Waals surface area contributed by atoms with Crippen molar-refractivity contribution < 1.29 is 4.79 Å². The van der Waals surface area contributed by atoms with Crippen LogP contribution in [-0.2, 0) is 6.42 Å². The minimum atomic E-state index is 0.0538. The van der Waals surface area contributed by atoms with Gasteiger partial charge in [-0.2, -0.15) is 0 Å². The molecule has 0 saturated carbocycles. The first-order chi connectivity index (χ1) is 6.83. The number of benzene rings is 1. The van der Waals surface area contributed by atoms with Crippen molar-refractivity contribution in [3.8, 4) is 0 Å². The van der Waals surface area contributed by atoms with Crippen LogP contribution in [0.4, 0.5) is 4.79 Å². The zero-order valence-electron chi connectivity index (χ0n) is 8.32. The molecule has 0 unspecified atom stereocenters. The van der Waals surface area contributed by atoms with Gasteiger partial charge in [-0.25, -0.2) is 0 Å². The van der Waals surface area contributed by atoms with Gasteiger partial charge in [-0.1, -0.05) is 42.1 Å². The van der Waals surface area contributed by atoms with E-state index in [0.29, 0.717) is 0 Å². The summed E-state index contributed by atoms with van der Waals surface area (Å²) in [5.74, 6) is 0.883. The number of aryl methyl sites for hydroxylation is 1. The van der Waals surface area contributed by atoms with Crippen LogP contribution in [-0.4, -0.2) is 18.0 Å². The van der Waals surface area contributed by atoms with Crippen molar-refractivity contribution in [1.82, 2.24) is 5.32 Å². The third-order valence-electron chi connectivity index (χ3n) is 1.89. The maximum Gasteiger partial charge on any atom is 0.278 e. The lowest BCUT2D eigenvalue weighted by atomic mass is 10.1. The molecule has 1 rings (SSSR count). The molecule has 0 bridgehead atoms. The topological polar surface area (TPSA) is 29.1 Å². The van der Waals surface area contributed by atoms with Crippen molar-refractivity contribution in [2.45, 2.75) is 12.8 Å². The molecule has 0 radical (unpaired) electrons. The zero-order chi connectivity index (χ0) is 10.2. The normalized spacial score (nSPS) is 9.79. The fourth-order valence-corrected chi connectivity index (χ4v) is 1.78. The Labute approximate surface area is 89.1 Å². The molecule has 0 spiro atoms. The second kappa shape index (κ2) is 6.49. The molecule has 1 N–H and O–H groups in total. The van der Waals surface area contributed by atoms with Gasteiger partial charge in [0.1, 0.15) is 0 Å². The first-order valence-electron chi connectivity index (χ1n) is 4.71. The van der Waals surface area contributed by atoms with E-state index in [1.165, 1.54) is 17.3 Å². The third-order valence-corrected chi connectivity index (χ3v) is 2.85. The van der Waals surface area contributed by atoms with Gasteiger partial charge >= 0.3 is 0 Å². The van der Waals surface area contributed by atoms with Crippen LogP contribution in [0.2, 0.25) is 0 Å². The molecule has 14 heavy (non-hydrogen) atoms. The van der Waals surface area contributed by atoms with E-state index in [0.717, 1.165) is 18.6 Å². The molecule has 0 aliphatic carbocycles. The van der Waals surface area contributed by atoms with Gasteiger partial charge in [0, 0.05) is 12.8 Å². The van der Waals surface area contributed by atoms with Crippen molar-refractivity contribution in [1.29, 1.82) is 0 Å². The van der Waals surface area contributed by atoms with Gasteiger partial charge in [-0.15, -0.1) is 0 Å². The summed E-state index contributed by atoms with van der Waals surface area (Å²) < 4.78 is 0. The SMILES string of the molecule is CNC(=O)SCCCc1ccccc1. The van der Waals surface area contributed by atoms with Gasteiger partial charge in [0.05, 0.1) is 0 Å². The number of carbonyl (C=O) groups excluding carboxylic acids is 1. The highest BCUT2D eigenvalue weighted by Gasteiger charge is 1.97. The van der Waals surface area contributed by atoms with E-state index in [-0.39, 0.29) is 5.24 Å². The van der Waals surface area contributed by atoms with Gasteiger partial charge < -0.3 is 5.32 Å². The minimum absolute atomic E-state index is 0.0538. The van der Waals surface area contributed by atoms with E-state index in [1.54, 1.807) is 7.05 Å². The molecule has 76 valence electrons. The van der Waals surface area contributed by atoms with Gasteiger partial charge in [0.15, 0.2) is 0 Å². The van der Waals surface area contributed by atoms with Gasteiger partial charge in [-0.05, 0) is 18.4 Å². The molecule has 0 atom stereocenters. The zero-order valence-corrected chi connectivity index (χ0v) is 9.14. The average Bonchev–Trinajstić information content (AvgIpc) is 2.25. The second-order valence-electron chi connectivity index (χ2n) is 2.98. The monoisotopic (exact) mass is 209 g/mol. The molecule has 0 aromatic heterocycles. The number of nitrogens with one attached hydrogen (secondary N) is 1. The molecular formula is C11H15NOS. The summed E-state index contributed by atoms with van der Waals surface area (Å²) in [5, 5.41) is 2.64. The van der Waals surface area contributed by atoms with E-state index in [2.05, 4.69) is 17.4 Å². The minimum Gasteiger partial charge on any atom is -0.350 e. The fraction of sp³-hybridized carbons (Fsp3) is 0.364. The van der Waals surface area contributed by atoms with E-state index >= 15 is 0 Å². The van der Waals surface area contributed by atoms with Gasteiger partial charge in [-0.3, -0.25) is 4.79 Å². The Hall–Kier alpha value is -0.960. The van der Waals surface area contributed by atoms with Crippen molar-refractivity contribution in [2.75, 3.05) is 12.8 Å². The quantitative estimate of drug-likeness (QED) is 0.772. The summed E-state index contributed by atoms with van der Waals surface area (Å²) in [6.45, 7) is 0. The summed E-state index contributed by atoms with van der Waals surface area (Å²) in [4.78, 5) is 10.9. The van der Waals surface area contributed by atoms with Crippen LogP contribution in [0, 0.1) is 0 Å². The highest BCUT2D eigenvalue weighted by molar-refractivity contribution is 8.13. The molecule has 0 aliphatic rings. The lowest BCUT2D eigenvalue weighted by Crippen LogP contribution is -2.11. The van der Waals surface area contributed by atoms with Gasteiger partial charge in [0.25, 0.3) is 5.24 Å². The van der Waals surface area contributed by atoms with E-state index in [4.69, 9.17) is 0 Å². The average molecular weight is 209 g/mol. The lowest BCUT2D eigenvalue weighted by Gasteiger charge is -2.00. The Balaban J connectivity index is 2.13. The highest BCUT2D eigenvalue weighted by Crippen LogP contribution is 2.08. The smallest absolute Gasteiger partial charge is 0.278 e. The number of hydrogen-bond donors (Lipinski definition) is 1. The van der Waals surface area contributed by atoms with Crippen LogP contribution in [0.5, 0.6) is 0 Å². The summed E-state index contributed by atoms with van der Waals surface area (Å²) in [5.41, 5.74) is 1.34. The molecular weight excluding hydrogens is 194 g/mol. The molecule has 0 aliphatic heterocycles. The van der Waals surface area contributed by atoms with Crippen LogP contribution < -0.4 is 5.32 Å². The van der Waals surface area contributed by atoms with Crippen LogP contribution >= 0.6 is 11.8 Å². The Morgan fingerprint density at radius 3 is 2.71 bits per heavy atom. The molecule has 0 heterocycles. The number of thioether (sulfide) groups is 1. The van der Waals surface area contributed by atoms with Crippen molar-refractivity contribution in [3.63, 3.8) is 0 Å². The maximum absolute atomic E-state index is 10.9. The van der Waals surface area contributed by atoms with E-state index in [9.17, 15) is 4.79 Å². The predicted molar refractivity (Wildman–Crippen MR) is 61.7 cm³/mol. The van der Waals surface area contributed by atoms with Crippen LogP contribution in [0.15, 0.2) is 30.3 Å². The van der Waals surface area contributed by atoms with Crippen molar-refractivity contribution in [3.05, 3.63) is 35.9 Å². The summed E-state index contributed by atoms with van der Waals surface area (Å²) in [6, 6.07) is 10.3. The maximum atomic E-state index is 10.9. The Kier molecular flexibility index (Phi) is 5.15. The molecule has 2 nitrogen and oxygen atoms in total. The highest BCUT2D eigenvalue weighted by atomic mass is 32.2. The number of amides is 1. The number of rotatable bonds is 4. The largest absolute Gasteiger partial charge is 0.350 e. The van der Waals surface area contributed by atoms with Crippen LogP contribution in [0.1, 0.15) is 12.0 Å². The number of carbonyl (C=O) groups is 1. The Morgan fingerprint density at radius 2 is 2.07 bits per heavy atom. The second-order valence-corrected chi connectivity index (χ2v) is 4.04. The van der Waals surface area contributed by atoms with E-state index in [1.807, 2.05) is 18.2 Å². The summed E-state index contributed by atoms with van der Waals surface area (Å²) >= 11 is 1.35. The predicted octanol–water partition coefficient (Wildman–Crippen LogP) is 2.69. The first kappa shape index (κ1) is 11.1. The van der Waals surface area contributed by atoms with Crippen LogP contribution in [0.25, 0.3) is 0 Å². The summed E-state index contributed by atoms with van der Waals surface area (Å²) in [6.07, 6.45) is 2.09. The summed E-state index contributed by atoms with van der Waals surface area (Å²) in [7, 11) is 1.66.